The van der Waals surface area contributed by atoms with Crippen LogP contribution in [0.3, 0.4) is 0 Å². The van der Waals surface area contributed by atoms with Crippen LogP contribution >= 0.6 is 0 Å². The molecule has 0 fully saturated rings. The van der Waals surface area contributed by atoms with Gasteiger partial charge >= 0.3 is 5.97 Å². The lowest BCUT2D eigenvalue weighted by atomic mass is 10.2. The Morgan fingerprint density at radius 3 is 2.76 bits per heavy atom. The minimum atomic E-state index is -0.506. The van der Waals surface area contributed by atoms with Crippen LogP contribution in [0, 0.1) is 11.3 Å². The Hall–Kier alpha value is -3.07. The number of rotatable bonds is 4. The zero-order chi connectivity index (χ0) is 15.2. The Morgan fingerprint density at radius 1 is 1.29 bits per heavy atom. The second-order valence-electron chi connectivity index (χ2n) is 3.92. The minimum Gasteiger partial charge on any atom is -0.496 e. The summed E-state index contributed by atoms with van der Waals surface area (Å²) in [5.41, 5.74) is 0.599. The van der Waals surface area contributed by atoms with Gasteiger partial charge in [-0.15, -0.1) is 0 Å². The molecule has 0 unspecified atom stereocenters. The number of benzene rings is 1. The molecule has 0 aliphatic rings. The van der Waals surface area contributed by atoms with Gasteiger partial charge in [0.2, 0.25) is 5.88 Å². The van der Waals surface area contributed by atoms with Crippen LogP contribution in [0.5, 0.6) is 17.4 Å². The molecule has 0 amide bonds. The molecule has 0 bridgehead atoms. The van der Waals surface area contributed by atoms with Crippen LogP contribution in [-0.4, -0.2) is 25.2 Å². The van der Waals surface area contributed by atoms with E-state index in [0.29, 0.717) is 17.1 Å². The van der Waals surface area contributed by atoms with Gasteiger partial charge in [0.25, 0.3) is 0 Å². The molecule has 0 saturated heterocycles. The van der Waals surface area contributed by atoms with Gasteiger partial charge in [-0.2, -0.15) is 5.26 Å². The summed E-state index contributed by atoms with van der Waals surface area (Å²) in [4.78, 5) is 15.6. The van der Waals surface area contributed by atoms with E-state index in [9.17, 15) is 4.79 Å². The summed E-state index contributed by atoms with van der Waals surface area (Å²) in [6.07, 6.45) is 1.52. The van der Waals surface area contributed by atoms with E-state index in [0.717, 1.165) is 0 Å². The van der Waals surface area contributed by atoms with Crippen molar-refractivity contribution < 1.29 is 19.0 Å². The number of pyridine rings is 1. The zero-order valence-corrected chi connectivity index (χ0v) is 11.5. The first-order chi connectivity index (χ1) is 10.2. The summed E-state index contributed by atoms with van der Waals surface area (Å²) >= 11 is 0. The Bertz CT molecular complexity index is 707. The predicted octanol–water partition coefficient (Wildman–Crippen LogP) is 2.54. The maximum atomic E-state index is 11.6. The molecule has 0 aliphatic heterocycles. The summed E-state index contributed by atoms with van der Waals surface area (Å²) in [5.74, 6) is 0.394. The molecule has 106 valence electrons. The topological polar surface area (TPSA) is 81.4 Å². The van der Waals surface area contributed by atoms with Crippen molar-refractivity contribution >= 4 is 5.97 Å². The molecule has 0 spiro atoms. The molecule has 2 aromatic rings. The van der Waals surface area contributed by atoms with Crippen molar-refractivity contribution in [2.24, 2.45) is 0 Å². The molecular formula is C15H12N2O4. The second-order valence-corrected chi connectivity index (χ2v) is 3.92. The Kier molecular flexibility index (Phi) is 4.36. The first-order valence-electron chi connectivity index (χ1n) is 5.99. The third-order valence-corrected chi connectivity index (χ3v) is 2.68. The first-order valence-corrected chi connectivity index (χ1v) is 5.99. The van der Waals surface area contributed by atoms with Crippen molar-refractivity contribution in [1.82, 2.24) is 4.98 Å². The van der Waals surface area contributed by atoms with Crippen molar-refractivity contribution in [2.75, 3.05) is 14.2 Å². The van der Waals surface area contributed by atoms with Gasteiger partial charge in [-0.25, -0.2) is 9.78 Å². The number of ether oxygens (including phenoxy) is 3. The van der Waals surface area contributed by atoms with Gasteiger partial charge < -0.3 is 14.2 Å². The maximum Gasteiger partial charge on any atom is 0.341 e. The van der Waals surface area contributed by atoms with Crippen LogP contribution in [-0.2, 0) is 4.74 Å². The van der Waals surface area contributed by atoms with Gasteiger partial charge in [0.15, 0.2) is 0 Å². The van der Waals surface area contributed by atoms with Crippen LogP contribution in [0.15, 0.2) is 36.5 Å². The molecule has 6 nitrogen and oxygen atoms in total. The van der Waals surface area contributed by atoms with Gasteiger partial charge in [-0.3, -0.25) is 0 Å². The Balaban J connectivity index is 2.34. The lowest BCUT2D eigenvalue weighted by molar-refractivity contribution is 0.0597. The number of hydrogen-bond donors (Lipinski definition) is 0. The van der Waals surface area contributed by atoms with Crippen molar-refractivity contribution in [3.05, 3.63) is 47.7 Å². The molecular weight excluding hydrogens is 272 g/mol. The maximum absolute atomic E-state index is 11.6. The zero-order valence-electron chi connectivity index (χ0n) is 11.5. The smallest absolute Gasteiger partial charge is 0.341 e. The highest BCUT2D eigenvalue weighted by atomic mass is 16.5. The third kappa shape index (κ3) is 3.09. The molecule has 6 heteroatoms. The molecule has 0 radical (unpaired) electrons. The quantitative estimate of drug-likeness (QED) is 0.802. The Labute approximate surface area is 121 Å². The van der Waals surface area contributed by atoms with E-state index in [-0.39, 0.29) is 11.4 Å². The number of nitriles is 1. The predicted molar refractivity (Wildman–Crippen MR) is 73.4 cm³/mol. The van der Waals surface area contributed by atoms with Gasteiger partial charge in [-0.1, -0.05) is 0 Å². The van der Waals surface area contributed by atoms with Crippen molar-refractivity contribution in [1.29, 1.82) is 5.26 Å². The average Bonchev–Trinajstić information content (AvgIpc) is 2.54. The second kappa shape index (κ2) is 6.39. The number of methoxy groups -OCH3 is 2. The van der Waals surface area contributed by atoms with Gasteiger partial charge in [-0.05, 0) is 24.3 Å². The van der Waals surface area contributed by atoms with Gasteiger partial charge in [0, 0.05) is 12.3 Å². The van der Waals surface area contributed by atoms with Crippen molar-refractivity contribution in [2.45, 2.75) is 0 Å². The molecule has 0 saturated carbocycles. The number of carbonyl (C=O) groups excluding carboxylic acids is 1. The van der Waals surface area contributed by atoms with Crippen molar-refractivity contribution in [3.63, 3.8) is 0 Å². The summed E-state index contributed by atoms with van der Waals surface area (Å²) in [7, 11) is 2.73. The van der Waals surface area contributed by atoms with Crippen LogP contribution in [0.2, 0.25) is 0 Å². The van der Waals surface area contributed by atoms with E-state index in [2.05, 4.69) is 9.72 Å². The molecule has 0 atom stereocenters. The molecule has 1 aromatic carbocycles. The van der Waals surface area contributed by atoms with Gasteiger partial charge in [0.1, 0.15) is 28.7 Å². The fraction of sp³-hybridized carbons (Fsp3) is 0.133. The molecule has 2 rings (SSSR count). The first kappa shape index (κ1) is 14.3. The molecule has 1 heterocycles. The number of hydrogen-bond acceptors (Lipinski definition) is 6. The van der Waals surface area contributed by atoms with Crippen LogP contribution < -0.4 is 9.47 Å². The number of esters is 1. The monoisotopic (exact) mass is 284 g/mol. The third-order valence-electron chi connectivity index (χ3n) is 2.68. The normalized spacial score (nSPS) is 9.57. The van der Waals surface area contributed by atoms with E-state index in [1.165, 1.54) is 32.5 Å². The van der Waals surface area contributed by atoms with E-state index in [1.54, 1.807) is 18.2 Å². The molecule has 1 aromatic heterocycles. The number of carbonyl (C=O) groups is 1. The fourth-order valence-electron chi connectivity index (χ4n) is 1.68. The minimum absolute atomic E-state index is 0.188. The highest BCUT2D eigenvalue weighted by Gasteiger charge is 2.14. The standard InChI is InChI=1S/C15H12N2O4/c1-19-13-8-11(5-6-12(13)15(18)20-2)21-14-10(9-16)4-3-7-17-14/h3-8H,1-2H3. The number of aromatic nitrogens is 1. The van der Waals surface area contributed by atoms with Crippen LogP contribution in [0.25, 0.3) is 0 Å². The number of nitrogens with zero attached hydrogens (tertiary/aromatic N) is 2. The van der Waals surface area contributed by atoms with Gasteiger partial charge in [0.05, 0.1) is 14.2 Å². The summed E-state index contributed by atoms with van der Waals surface area (Å²) in [6.45, 7) is 0. The van der Waals surface area contributed by atoms with E-state index in [4.69, 9.17) is 14.7 Å². The van der Waals surface area contributed by atoms with E-state index < -0.39 is 5.97 Å². The molecule has 0 aliphatic carbocycles. The summed E-state index contributed by atoms with van der Waals surface area (Å²) < 4.78 is 15.3. The highest BCUT2D eigenvalue weighted by molar-refractivity contribution is 5.92. The summed E-state index contributed by atoms with van der Waals surface area (Å²) in [6, 6.07) is 9.86. The highest BCUT2D eigenvalue weighted by Crippen LogP contribution is 2.29. The van der Waals surface area contributed by atoms with E-state index >= 15 is 0 Å². The average molecular weight is 284 g/mol. The largest absolute Gasteiger partial charge is 0.496 e. The lowest BCUT2D eigenvalue weighted by Gasteiger charge is -2.10. The molecule has 21 heavy (non-hydrogen) atoms. The molecule has 0 N–H and O–H groups in total. The summed E-state index contributed by atoms with van der Waals surface area (Å²) in [5, 5.41) is 8.99. The fourth-order valence-corrected chi connectivity index (χ4v) is 1.68. The Morgan fingerprint density at radius 2 is 2.10 bits per heavy atom. The van der Waals surface area contributed by atoms with E-state index in [1.807, 2.05) is 6.07 Å². The van der Waals surface area contributed by atoms with Crippen molar-refractivity contribution in [3.8, 4) is 23.4 Å². The van der Waals surface area contributed by atoms with Crippen LogP contribution in [0.1, 0.15) is 15.9 Å². The lowest BCUT2D eigenvalue weighted by Crippen LogP contribution is -2.04. The SMILES string of the molecule is COC(=O)c1ccc(Oc2ncccc2C#N)cc1OC. The van der Waals surface area contributed by atoms with Crippen LogP contribution in [0.4, 0.5) is 0 Å².